The molecule has 1 N–H and O–H groups in total. The first-order chi connectivity index (χ1) is 12.4. The van der Waals surface area contributed by atoms with Crippen molar-refractivity contribution in [1.29, 1.82) is 0 Å². The number of anilines is 2. The Balaban J connectivity index is 2.24. The van der Waals surface area contributed by atoms with Gasteiger partial charge in [-0.1, -0.05) is 18.2 Å². The van der Waals surface area contributed by atoms with Gasteiger partial charge >= 0.3 is 11.2 Å². The van der Waals surface area contributed by atoms with Crippen molar-refractivity contribution in [3.8, 4) is 0 Å². The second kappa shape index (κ2) is 6.79. The molecule has 0 bridgehead atoms. The van der Waals surface area contributed by atoms with E-state index in [1.165, 1.54) is 11.5 Å². The predicted octanol–water partition coefficient (Wildman–Crippen LogP) is 3.88. The number of para-hydroxylation sites is 1. The van der Waals surface area contributed by atoms with Crippen LogP contribution in [0.25, 0.3) is 10.9 Å². The van der Waals surface area contributed by atoms with Gasteiger partial charge in [0.05, 0.1) is 10.4 Å². The molecule has 3 rings (SSSR count). The number of aryl methyl sites for hydroxylation is 1. The van der Waals surface area contributed by atoms with Crippen LogP contribution < -0.4 is 10.9 Å². The molecule has 0 atom stereocenters. The fraction of sp³-hybridized carbons (Fsp3) is 0.158. The summed E-state index contributed by atoms with van der Waals surface area (Å²) in [4.78, 5) is 35.0. The van der Waals surface area contributed by atoms with Gasteiger partial charge in [-0.2, -0.15) is 0 Å². The third kappa shape index (κ3) is 2.95. The van der Waals surface area contributed by atoms with Crippen LogP contribution in [0.5, 0.6) is 0 Å². The molecule has 3 aromatic rings. The Bertz CT molecular complexity index is 1070. The van der Waals surface area contributed by atoms with E-state index in [1.54, 1.807) is 55.5 Å². The number of pyridine rings is 1. The number of fused-ring (bicyclic) bond motifs is 1. The number of hydrogen-bond acceptors (Lipinski definition) is 5. The van der Waals surface area contributed by atoms with Crippen molar-refractivity contribution in [2.24, 2.45) is 0 Å². The van der Waals surface area contributed by atoms with Crippen molar-refractivity contribution in [3.63, 3.8) is 0 Å². The van der Waals surface area contributed by atoms with Crippen LogP contribution in [-0.4, -0.2) is 15.3 Å². The van der Waals surface area contributed by atoms with Gasteiger partial charge in [0, 0.05) is 23.2 Å². The topological polar surface area (TPSA) is 94.2 Å². The maximum Gasteiger partial charge on any atom is 0.357 e. The molecule has 0 aliphatic heterocycles. The van der Waals surface area contributed by atoms with Gasteiger partial charge in [-0.25, -0.2) is 0 Å². The fourth-order valence-electron chi connectivity index (χ4n) is 2.93. The molecule has 1 heterocycles. The highest BCUT2D eigenvalue weighted by Gasteiger charge is 2.25. The van der Waals surface area contributed by atoms with E-state index in [4.69, 9.17) is 0 Å². The lowest BCUT2D eigenvalue weighted by Crippen LogP contribution is -2.23. The molecule has 7 heteroatoms. The molecule has 0 aliphatic carbocycles. The molecule has 0 saturated heterocycles. The molecule has 0 radical (unpaired) electrons. The minimum Gasteiger partial charge on any atom is -0.349 e. The van der Waals surface area contributed by atoms with Gasteiger partial charge in [-0.3, -0.25) is 19.7 Å². The van der Waals surface area contributed by atoms with E-state index in [9.17, 15) is 19.7 Å². The number of nitrogens with zero attached hydrogens (tertiary/aromatic N) is 2. The molecule has 132 valence electrons. The summed E-state index contributed by atoms with van der Waals surface area (Å²) >= 11 is 0. The Hall–Kier alpha value is -3.48. The Labute approximate surface area is 149 Å². The number of aromatic nitrogens is 1. The van der Waals surface area contributed by atoms with Gasteiger partial charge < -0.3 is 9.88 Å². The molecule has 7 nitrogen and oxygen atoms in total. The Morgan fingerprint density at radius 1 is 1.15 bits per heavy atom. The quantitative estimate of drug-likeness (QED) is 0.428. The molecule has 26 heavy (non-hydrogen) atoms. The van der Waals surface area contributed by atoms with E-state index in [2.05, 4.69) is 5.32 Å². The lowest BCUT2D eigenvalue weighted by atomic mass is 10.1. The molecule has 0 spiro atoms. The molecule has 1 aromatic heterocycles. The van der Waals surface area contributed by atoms with Gasteiger partial charge in [-0.15, -0.1) is 0 Å². The van der Waals surface area contributed by atoms with Crippen molar-refractivity contribution in [2.75, 3.05) is 5.32 Å². The smallest absolute Gasteiger partial charge is 0.349 e. The third-order valence-corrected chi connectivity index (χ3v) is 4.21. The van der Waals surface area contributed by atoms with E-state index < -0.39 is 16.2 Å². The number of carbonyl (C=O) groups excluding carboxylic acids is 1. The second-order valence-electron chi connectivity index (χ2n) is 5.81. The highest BCUT2D eigenvalue weighted by atomic mass is 16.6. The van der Waals surface area contributed by atoms with Crippen LogP contribution in [-0.2, 0) is 6.54 Å². The van der Waals surface area contributed by atoms with Crippen molar-refractivity contribution < 1.29 is 9.72 Å². The molecule has 0 aliphatic rings. The minimum absolute atomic E-state index is 0.0708. The number of benzene rings is 2. The van der Waals surface area contributed by atoms with Crippen molar-refractivity contribution in [3.05, 3.63) is 74.6 Å². The van der Waals surface area contributed by atoms with Crippen LogP contribution in [0, 0.1) is 10.1 Å². The van der Waals surface area contributed by atoms with Crippen molar-refractivity contribution in [2.45, 2.75) is 20.4 Å². The van der Waals surface area contributed by atoms with E-state index in [1.807, 2.05) is 0 Å². The second-order valence-corrected chi connectivity index (χ2v) is 5.81. The van der Waals surface area contributed by atoms with E-state index in [0.29, 0.717) is 28.7 Å². The zero-order valence-electron chi connectivity index (χ0n) is 14.4. The van der Waals surface area contributed by atoms with Crippen molar-refractivity contribution >= 4 is 33.7 Å². The molecule has 0 unspecified atom stereocenters. The number of hydrogen-bond donors (Lipinski definition) is 1. The average molecular weight is 351 g/mol. The molecule has 0 amide bonds. The number of Topliss-reactive ketones (excluding diaryl/α,β-unsaturated/α-hetero) is 1. The summed E-state index contributed by atoms with van der Waals surface area (Å²) in [6.45, 7) is 3.56. The average Bonchev–Trinajstić information content (AvgIpc) is 2.62. The fourth-order valence-corrected chi connectivity index (χ4v) is 2.93. The number of ketones is 1. The standard InChI is InChI=1S/C19H17N3O4/c1-3-21-16-7-5-4-6-15(16)17(18(19(21)24)22(25)26)20-14-10-8-13(9-11-14)12(2)23/h4-11,20H,3H2,1-2H3. The first-order valence-corrected chi connectivity index (χ1v) is 8.12. The normalized spacial score (nSPS) is 10.7. The van der Waals surface area contributed by atoms with E-state index >= 15 is 0 Å². The molecule has 0 saturated carbocycles. The van der Waals surface area contributed by atoms with Crippen LogP contribution in [0.2, 0.25) is 0 Å². The maximum atomic E-state index is 12.6. The van der Waals surface area contributed by atoms with Crippen LogP contribution in [0.1, 0.15) is 24.2 Å². The van der Waals surface area contributed by atoms with Crippen LogP contribution in [0.4, 0.5) is 17.1 Å². The van der Waals surface area contributed by atoms with Crippen molar-refractivity contribution in [1.82, 2.24) is 4.57 Å². The third-order valence-electron chi connectivity index (χ3n) is 4.21. The maximum absolute atomic E-state index is 12.6. The number of nitrogens with one attached hydrogen (secondary N) is 1. The summed E-state index contributed by atoms with van der Waals surface area (Å²) < 4.78 is 1.39. The van der Waals surface area contributed by atoms with Gasteiger partial charge in [0.25, 0.3) is 0 Å². The van der Waals surface area contributed by atoms with E-state index in [-0.39, 0.29) is 11.5 Å². The first kappa shape index (κ1) is 17.3. The summed E-state index contributed by atoms with van der Waals surface area (Å²) in [6, 6.07) is 13.6. The van der Waals surface area contributed by atoms with Gasteiger partial charge in [0.15, 0.2) is 5.78 Å². The summed E-state index contributed by atoms with van der Waals surface area (Å²) in [5, 5.41) is 15.2. The first-order valence-electron chi connectivity index (χ1n) is 8.12. The van der Waals surface area contributed by atoms with Crippen LogP contribution >= 0.6 is 0 Å². The lowest BCUT2D eigenvalue weighted by molar-refractivity contribution is -0.385. The Morgan fingerprint density at radius 2 is 1.81 bits per heavy atom. The largest absolute Gasteiger partial charge is 0.357 e. The predicted molar refractivity (Wildman–Crippen MR) is 100 cm³/mol. The number of nitro groups is 1. The number of rotatable bonds is 5. The SMILES string of the molecule is CCn1c(=O)c([N+](=O)[O-])c(Nc2ccc(C(C)=O)cc2)c2ccccc21. The number of carbonyl (C=O) groups is 1. The summed E-state index contributed by atoms with van der Waals surface area (Å²) in [7, 11) is 0. The lowest BCUT2D eigenvalue weighted by Gasteiger charge is -2.14. The van der Waals surface area contributed by atoms with Crippen LogP contribution in [0.15, 0.2) is 53.3 Å². The Kier molecular flexibility index (Phi) is 4.53. The Morgan fingerprint density at radius 3 is 2.38 bits per heavy atom. The zero-order chi connectivity index (χ0) is 18.8. The highest BCUT2D eigenvalue weighted by Crippen LogP contribution is 2.32. The van der Waals surface area contributed by atoms with Gasteiger partial charge in [0.1, 0.15) is 5.69 Å². The monoisotopic (exact) mass is 351 g/mol. The summed E-state index contributed by atoms with van der Waals surface area (Å²) in [5.41, 5.74) is 0.706. The highest BCUT2D eigenvalue weighted by molar-refractivity contribution is 5.98. The van der Waals surface area contributed by atoms with Crippen LogP contribution in [0.3, 0.4) is 0 Å². The zero-order valence-corrected chi connectivity index (χ0v) is 14.4. The molecule has 0 fully saturated rings. The summed E-state index contributed by atoms with van der Waals surface area (Å²) in [6.07, 6.45) is 0. The molecule has 2 aromatic carbocycles. The molecular formula is C19H17N3O4. The minimum atomic E-state index is -0.660. The molecular weight excluding hydrogens is 334 g/mol. The van der Waals surface area contributed by atoms with Gasteiger partial charge in [-0.05, 0) is 44.2 Å². The summed E-state index contributed by atoms with van der Waals surface area (Å²) in [5.74, 6) is -0.0708. The van der Waals surface area contributed by atoms with E-state index in [0.717, 1.165) is 0 Å². The van der Waals surface area contributed by atoms with Gasteiger partial charge in [0.2, 0.25) is 0 Å².